The van der Waals surface area contributed by atoms with Crippen molar-refractivity contribution in [3.63, 3.8) is 0 Å². The first-order valence-electron chi connectivity index (χ1n) is 6.27. The van der Waals surface area contributed by atoms with Gasteiger partial charge in [-0.15, -0.1) is 0 Å². The first kappa shape index (κ1) is 13.6. The number of rotatable bonds is 3. The molecule has 0 bridgehead atoms. The van der Waals surface area contributed by atoms with Gasteiger partial charge in [0.15, 0.2) is 5.65 Å². The maximum Gasteiger partial charge on any atom is 0.348 e. The van der Waals surface area contributed by atoms with Crippen LogP contribution in [-0.2, 0) is 0 Å². The molecule has 0 unspecified atom stereocenters. The number of fused-ring (bicyclic) bond motifs is 1. The van der Waals surface area contributed by atoms with Gasteiger partial charge in [-0.25, -0.2) is 14.8 Å². The zero-order chi connectivity index (χ0) is 15.7. The van der Waals surface area contributed by atoms with E-state index in [0.717, 1.165) is 4.68 Å². The minimum Gasteiger partial charge on any atom is -0.301 e. The fourth-order valence-electron chi connectivity index (χ4n) is 1.94. The normalized spacial score (nSPS) is 11.3. The molecule has 0 fully saturated rings. The van der Waals surface area contributed by atoms with Crippen LogP contribution in [0, 0.1) is 17.0 Å². The largest absolute Gasteiger partial charge is 0.348 e. The van der Waals surface area contributed by atoms with Gasteiger partial charge in [-0.05, 0) is 24.6 Å². The zero-order valence-electron chi connectivity index (χ0n) is 11.4. The van der Waals surface area contributed by atoms with E-state index in [2.05, 4.69) is 20.1 Å². The average molecular weight is 298 g/mol. The van der Waals surface area contributed by atoms with Crippen molar-refractivity contribution in [2.75, 3.05) is 0 Å². The number of aromatic amines is 1. The second-order valence-electron chi connectivity index (χ2n) is 4.49. The lowest BCUT2D eigenvalue weighted by molar-refractivity contribution is -0.384. The first-order chi connectivity index (χ1) is 10.6. The van der Waals surface area contributed by atoms with Crippen molar-refractivity contribution in [2.45, 2.75) is 6.92 Å². The SMILES string of the molecule is Cc1ncnc2c1[nH]c(=O)n2N=Cc1ccc([N+](=O)[O-])cc1. The summed E-state index contributed by atoms with van der Waals surface area (Å²) in [4.78, 5) is 32.7. The standard InChI is InChI=1S/C13H10N6O3/c1-8-11-12(15-7-14-8)18(13(20)17-11)16-6-9-2-4-10(5-3-9)19(21)22/h2-7H,1H3,(H,17,20). The van der Waals surface area contributed by atoms with E-state index in [-0.39, 0.29) is 5.69 Å². The highest BCUT2D eigenvalue weighted by molar-refractivity contribution is 5.81. The summed E-state index contributed by atoms with van der Waals surface area (Å²) >= 11 is 0. The van der Waals surface area contributed by atoms with Gasteiger partial charge in [0.05, 0.1) is 16.8 Å². The van der Waals surface area contributed by atoms with E-state index in [4.69, 9.17) is 0 Å². The van der Waals surface area contributed by atoms with Crippen molar-refractivity contribution in [1.82, 2.24) is 19.6 Å². The molecule has 0 radical (unpaired) electrons. The Hall–Kier alpha value is -3.36. The third kappa shape index (κ3) is 2.35. The summed E-state index contributed by atoms with van der Waals surface area (Å²) in [6.45, 7) is 1.75. The van der Waals surface area contributed by atoms with Crippen LogP contribution in [0.4, 0.5) is 5.69 Å². The number of nitro groups is 1. The van der Waals surface area contributed by atoms with Crippen LogP contribution in [-0.4, -0.2) is 30.8 Å². The van der Waals surface area contributed by atoms with E-state index >= 15 is 0 Å². The predicted octanol–water partition coefficient (Wildman–Crippen LogP) is 1.22. The number of nitrogens with zero attached hydrogens (tertiary/aromatic N) is 5. The quantitative estimate of drug-likeness (QED) is 0.443. The van der Waals surface area contributed by atoms with Crippen LogP contribution in [0.5, 0.6) is 0 Å². The summed E-state index contributed by atoms with van der Waals surface area (Å²) in [7, 11) is 0. The Bertz CT molecular complexity index is 939. The smallest absolute Gasteiger partial charge is 0.301 e. The predicted molar refractivity (Wildman–Crippen MR) is 79.0 cm³/mol. The van der Waals surface area contributed by atoms with Crippen molar-refractivity contribution in [3.05, 3.63) is 62.4 Å². The lowest BCUT2D eigenvalue weighted by atomic mass is 10.2. The van der Waals surface area contributed by atoms with Gasteiger partial charge >= 0.3 is 5.69 Å². The van der Waals surface area contributed by atoms with Gasteiger partial charge in [-0.2, -0.15) is 9.78 Å². The molecule has 1 N–H and O–H groups in total. The number of hydrogen-bond donors (Lipinski definition) is 1. The summed E-state index contributed by atoms with van der Waals surface area (Å²) in [5, 5.41) is 14.7. The molecular weight excluding hydrogens is 288 g/mol. The van der Waals surface area contributed by atoms with Gasteiger partial charge in [0.25, 0.3) is 5.69 Å². The zero-order valence-corrected chi connectivity index (χ0v) is 11.4. The van der Waals surface area contributed by atoms with Crippen molar-refractivity contribution < 1.29 is 4.92 Å². The molecule has 0 aliphatic rings. The topological polar surface area (TPSA) is 119 Å². The van der Waals surface area contributed by atoms with Gasteiger partial charge in [-0.3, -0.25) is 10.1 Å². The van der Waals surface area contributed by atoms with Crippen LogP contribution in [0.1, 0.15) is 11.3 Å². The second kappa shape index (κ2) is 5.20. The summed E-state index contributed by atoms with van der Waals surface area (Å²) in [5.74, 6) is 0. The lowest BCUT2D eigenvalue weighted by Gasteiger charge is -1.96. The number of aryl methyl sites for hydroxylation is 1. The second-order valence-corrected chi connectivity index (χ2v) is 4.49. The Labute approximate surface area is 123 Å². The number of hydrogen-bond acceptors (Lipinski definition) is 6. The molecule has 0 spiro atoms. The van der Waals surface area contributed by atoms with Crippen LogP contribution in [0.15, 0.2) is 40.5 Å². The first-order valence-corrected chi connectivity index (χ1v) is 6.27. The number of nitro benzene ring substituents is 1. The van der Waals surface area contributed by atoms with E-state index in [0.29, 0.717) is 22.4 Å². The molecule has 0 amide bonds. The molecule has 2 heterocycles. The molecule has 9 heteroatoms. The Balaban J connectivity index is 1.99. The van der Waals surface area contributed by atoms with Gasteiger partial charge in [0.2, 0.25) is 0 Å². The molecular formula is C13H10N6O3. The van der Waals surface area contributed by atoms with Crippen LogP contribution in [0.25, 0.3) is 11.2 Å². The fourth-order valence-corrected chi connectivity index (χ4v) is 1.94. The average Bonchev–Trinajstić information content (AvgIpc) is 2.83. The van der Waals surface area contributed by atoms with Gasteiger partial charge in [-0.1, -0.05) is 0 Å². The molecule has 0 saturated carbocycles. The molecule has 9 nitrogen and oxygen atoms in total. The third-order valence-electron chi connectivity index (χ3n) is 3.07. The minimum absolute atomic E-state index is 0.00947. The number of benzene rings is 1. The van der Waals surface area contributed by atoms with E-state index in [1.807, 2.05) is 0 Å². The van der Waals surface area contributed by atoms with Gasteiger partial charge in [0, 0.05) is 12.1 Å². The number of non-ortho nitro benzene ring substituents is 1. The third-order valence-corrected chi connectivity index (χ3v) is 3.07. The summed E-state index contributed by atoms with van der Waals surface area (Å²) < 4.78 is 1.12. The monoisotopic (exact) mass is 298 g/mol. The minimum atomic E-state index is -0.481. The Kier molecular flexibility index (Phi) is 3.22. The van der Waals surface area contributed by atoms with Crippen molar-refractivity contribution in [2.24, 2.45) is 5.10 Å². The van der Waals surface area contributed by atoms with Crippen molar-refractivity contribution in [3.8, 4) is 0 Å². The Morgan fingerprint density at radius 1 is 1.32 bits per heavy atom. The van der Waals surface area contributed by atoms with Crippen LogP contribution in [0.2, 0.25) is 0 Å². The van der Waals surface area contributed by atoms with Gasteiger partial charge in [0.1, 0.15) is 11.8 Å². The maximum atomic E-state index is 11.9. The number of nitrogens with one attached hydrogen (secondary N) is 1. The van der Waals surface area contributed by atoms with E-state index in [1.165, 1.54) is 24.7 Å². The van der Waals surface area contributed by atoms with E-state index in [9.17, 15) is 14.9 Å². The highest BCUT2D eigenvalue weighted by Crippen LogP contribution is 2.11. The maximum absolute atomic E-state index is 11.9. The lowest BCUT2D eigenvalue weighted by Crippen LogP contribution is -2.12. The molecule has 1 aromatic carbocycles. The molecule has 0 saturated heterocycles. The van der Waals surface area contributed by atoms with E-state index in [1.54, 1.807) is 19.1 Å². The molecule has 3 aromatic rings. The number of aromatic nitrogens is 4. The molecule has 22 heavy (non-hydrogen) atoms. The van der Waals surface area contributed by atoms with Crippen LogP contribution < -0.4 is 5.69 Å². The molecule has 3 rings (SSSR count). The number of imidazole rings is 1. The van der Waals surface area contributed by atoms with Crippen molar-refractivity contribution in [1.29, 1.82) is 0 Å². The van der Waals surface area contributed by atoms with Gasteiger partial charge < -0.3 is 4.98 Å². The molecule has 2 aromatic heterocycles. The van der Waals surface area contributed by atoms with E-state index < -0.39 is 10.6 Å². The molecule has 110 valence electrons. The van der Waals surface area contributed by atoms with Crippen LogP contribution >= 0.6 is 0 Å². The van der Waals surface area contributed by atoms with Crippen LogP contribution in [0.3, 0.4) is 0 Å². The summed E-state index contributed by atoms with van der Waals surface area (Å²) in [5.41, 5.74) is 1.72. The Morgan fingerprint density at radius 3 is 2.73 bits per heavy atom. The fraction of sp³-hybridized carbons (Fsp3) is 0.0769. The molecule has 0 atom stereocenters. The highest BCUT2D eigenvalue weighted by Gasteiger charge is 2.09. The molecule has 0 aliphatic heterocycles. The summed E-state index contributed by atoms with van der Waals surface area (Å²) in [6.07, 6.45) is 2.78. The number of H-pyrrole nitrogens is 1. The summed E-state index contributed by atoms with van der Waals surface area (Å²) in [6, 6.07) is 5.82. The Morgan fingerprint density at radius 2 is 2.05 bits per heavy atom. The highest BCUT2D eigenvalue weighted by atomic mass is 16.6. The van der Waals surface area contributed by atoms with Crippen molar-refractivity contribution >= 4 is 23.1 Å². The molecule has 0 aliphatic carbocycles.